The zero-order valence-corrected chi connectivity index (χ0v) is 12.2. The minimum atomic E-state index is -0.0555. The quantitative estimate of drug-likeness (QED) is 0.790. The van der Waals surface area contributed by atoms with E-state index in [9.17, 15) is 9.90 Å². The fourth-order valence-electron chi connectivity index (χ4n) is 2.73. The molecule has 0 bridgehead atoms. The van der Waals surface area contributed by atoms with E-state index < -0.39 is 0 Å². The first-order valence-corrected chi connectivity index (χ1v) is 6.98. The van der Waals surface area contributed by atoms with E-state index in [1.165, 1.54) is 0 Å². The second kappa shape index (κ2) is 4.81. The van der Waals surface area contributed by atoms with Gasteiger partial charge in [0.1, 0.15) is 5.75 Å². The van der Waals surface area contributed by atoms with Crippen molar-refractivity contribution in [3.63, 3.8) is 0 Å². The lowest BCUT2D eigenvalue weighted by molar-refractivity contribution is 0.0989. The largest absolute Gasteiger partial charge is 0.508 e. The lowest BCUT2D eigenvalue weighted by atomic mass is 10.1. The average molecular weight is 282 g/mol. The van der Waals surface area contributed by atoms with Crippen molar-refractivity contribution >= 4 is 17.3 Å². The number of carbonyl (C=O) groups is 1. The number of phenolic OH excluding ortho intramolecular Hbond substituents is 1. The number of amides is 1. The van der Waals surface area contributed by atoms with E-state index in [-0.39, 0.29) is 11.7 Å². The molecule has 3 N–H and O–H groups in total. The lowest BCUT2D eigenvalue weighted by Crippen LogP contribution is -2.29. The first-order valence-electron chi connectivity index (χ1n) is 6.98. The van der Waals surface area contributed by atoms with Gasteiger partial charge in [0.25, 0.3) is 5.91 Å². The van der Waals surface area contributed by atoms with Crippen molar-refractivity contribution in [1.29, 1.82) is 0 Å². The van der Waals surface area contributed by atoms with Gasteiger partial charge >= 0.3 is 0 Å². The number of rotatable bonds is 1. The molecule has 1 heterocycles. The molecular formula is C17H18N2O2. The molecule has 0 radical (unpaired) electrons. The molecule has 0 unspecified atom stereocenters. The molecule has 0 spiro atoms. The lowest BCUT2D eigenvalue weighted by Gasteiger charge is -2.18. The van der Waals surface area contributed by atoms with Crippen LogP contribution in [0.3, 0.4) is 0 Å². The Morgan fingerprint density at radius 2 is 1.95 bits per heavy atom. The Labute approximate surface area is 123 Å². The zero-order chi connectivity index (χ0) is 15.1. The van der Waals surface area contributed by atoms with E-state index in [0.717, 1.165) is 23.2 Å². The third-order valence-corrected chi connectivity index (χ3v) is 4.05. The van der Waals surface area contributed by atoms with Crippen molar-refractivity contribution in [3.05, 3.63) is 52.6 Å². The number of aromatic hydroxyl groups is 1. The van der Waals surface area contributed by atoms with E-state index in [1.807, 2.05) is 13.0 Å². The summed E-state index contributed by atoms with van der Waals surface area (Å²) < 4.78 is 0. The van der Waals surface area contributed by atoms with Crippen LogP contribution in [0.2, 0.25) is 0 Å². The summed E-state index contributed by atoms with van der Waals surface area (Å²) in [6.07, 6.45) is 0.846. The van der Waals surface area contributed by atoms with Crippen LogP contribution in [0.1, 0.15) is 27.0 Å². The Balaban J connectivity index is 1.98. The molecule has 0 atom stereocenters. The number of anilines is 2. The van der Waals surface area contributed by atoms with E-state index in [0.29, 0.717) is 23.4 Å². The van der Waals surface area contributed by atoms with Crippen LogP contribution in [0.25, 0.3) is 0 Å². The SMILES string of the molecule is Cc1cc2c(cc1N)N(C(=O)c1ccc(O)c(C)c1)CC2. The van der Waals surface area contributed by atoms with Crippen molar-refractivity contribution < 1.29 is 9.90 Å². The molecule has 3 rings (SSSR count). The Morgan fingerprint density at radius 3 is 2.67 bits per heavy atom. The highest BCUT2D eigenvalue weighted by molar-refractivity contribution is 6.07. The summed E-state index contributed by atoms with van der Waals surface area (Å²) >= 11 is 0. The molecule has 21 heavy (non-hydrogen) atoms. The maximum atomic E-state index is 12.7. The van der Waals surface area contributed by atoms with Gasteiger partial charge in [-0.15, -0.1) is 0 Å². The standard InChI is InChI=1S/C17H18N2O2/c1-10-7-12-5-6-19(15(12)9-14(10)18)17(21)13-3-4-16(20)11(2)8-13/h3-4,7-9,20H,5-6,18H2,1-2H3. The van der Waals surface area contributed by atoms with Gasteiger partial charge in [-0.3, -0.25) is 4.79 Å². The fraction of sp³-hybridized carbons (Fsp3) is 0.235. The number of nitrogens with two attached hydrogens (primary N) is 1. The van der Waals surface area contributed by atoms with Crippen LogP contribution >= 0.6 is 0 Å². The molecule has 0 saturated heterocycles. The summed E-state index contributed by atoms with van der Waals surface area (Å²) in [5, 5.41) is 9.57. The van der Waals surface area contributed by atoms with Gasteiger partial charge in [0.05, 0.1) is 0 Å². The van der Waals surface area contributed by atoms with Gasteiger partial charge < -0.3 is 15.7 Å². The van der Waals surface area contributed by atoms with Crippen molar-refractivity contribution in [2.75, 3.05) is 17.2 Å². The Kier molecular flexibility index (Phi) is 3.09. The predicted octanol–water partition coefficient (Wildman–Crippen LogP) is 2.79. The van der Waals surface area contributed by atoms with Crippen molar-refractivity contribution in [1.82, 2.24) is 0 Å². The second-order valence-corrected chi connectivity index (χ2v) is 5.55. The maximum absolute atomic E-state index is 12.7. The molecule has 108 valence electrons. The minimum Gasteiger partial charge on any atom is -0.508 e. The van der Waals surface area contributed by atoms with Gasteiger partial charge in [-0.2, -0.15) is 0 Å². The van der Waals surface area contributed by atoms with Crippen LogP contribution < -0.4 is 10.6 Å². The number of aryl methyl sites for hydroxylation is 2. The summed E-state index contributed by atoms with van der Waals surface area (Å²) in [5.74, 6) is 0.147. The summed E-state index contributed by atoms with van der Waals surface area (Å²) in [6, 6.07) is 8.86. The minimum absolute atomic E-state index is 0.0555. The highest BCUT2D eigenvalue weighted by Gasteiger charge is 2.26. The predicted molar refractivity (Wildman–Crippen MR) is 83.8 cm³/mol. The second-order valence-electron chi connectivity index (χ2n) is 5.55. The number of hydrogen-bond donors (Lipinski definition) is 2. The van der Waals surface area contributed by atoms with E-state index in [2.05, 4.69) is 6.07 Å². The smallest absolute Gasteiger partial charge is 0.258 e. The van der Waals surface area contributed by atoms with Gasteiger partial charge in [0.15, 0.2) is 0 Å². The van der Waals surface area contributed by atoms with Crippen LogP contribution in [0.15, 0.2) is 30.3 Å². The molecule has 2 aromatic carbocycles. The highest BCUT2D eigenvalue weighted by atomic mass is 16.3. The van der Waals surface area contributed by atoms with Crippen molar-refractivity contribution in [2.24, 2.45) is 0 Å². The number of nitrogen functional groups attached to an aromatic ring is 1. The number of nitrogens with zero attached hydrogens (tertiary/aromatic N) is 1. The molecule has 1 aliphatic rings. The summed E-state index contributed by atoms with van der Waals surface area (Å²) in [4.78, 5) is 14.4. The number of carbonyl (C=O) groups excluding carboxylic acids is 1. The summed E-state index contributed by atoms with van der Waals surface area (Å²) in [7, 11) is 0. The number of phenols is 1. The number of fused-ring (bicyclic) bond motifs is 1. The van der Waals surface area contributed by atoms with Crippen LogP contribution in [0, 0.1) is 13.8 Å². The van der Waals surface area contributed by atoms with Gasteiger partial charge in [-0.1, -0.05) is 6.07 Å². The topological polar surface area (TPSA) is 66.6 Å². The summed E-state index contributed by atoms with van der Waals surface area (Å²) in [5.41, 5.74) is 11.0. The summed E-state index contributed by atoms with van der Waals surface area (Å²) in [6.45, 7) is 4.42. The fourth-order valence-corrected chi connectivity index (χ4v) is 2.73. The molecule has 4 heteroatoms. The van der Waals surface area contributed by atoms with Crippen LogP contribution in [-0.4, -0.2) is 17.6 Å². The molecule has 4 nitrogen and oxygen atoms in total. The molecular weight excluding hydrogens is 264 g/mol. The average Bonchev–Trinajstić information content (AvgIpc) is 2.84. The zero-order valence-electron chi connectivity index (χ0n) is 12.2. The van der Waals surface area contributed by atoms with Gasteiger partial charge in [0, 0.05) is 23.5 Å². The third-order valence-electron chi connectivity index (χ3n) is 4.05. The van der Waals surface area contributed by atoms with Gasteiger partial charge in [-0.25, -0.2) is 0 Å². The first-order chi connectivity index (χ1) is 9.97. The Bertz CT molecular complexity index is 738. The van der Waals surface area contributed by atoms with E-state index in [4.69, 9.17) is 5.73 Å². The molecule has 0 saturated carbocycles. The van der Waals surface area contributed by atoms with Crippen LogP contribution in [-0.2, 0) is 6.42 Å². The Hall–Kier alpha value is -2.49. The van der Waals surface area contributed by atoms with E-state index >= 15 is 0 Å². The van der Waals surface area contributed by atoms with E-state index in [1.54, 1.807) is 30.0 Å². The van der Waals surface area contributed by atoms with Crippen molar-refractivity contribution in [3.8, 4) is 5.75 Å². The molecule has 1 amide bonds. The molecule has 2 aromatic rings. The maximum Gasteiger partial charge on any atom is 0.258 e. The normalized spacial score (nSPS) is 13.3. The van der Waals surface area contributed by atoms with Crippen molar-refractivity contribution in [2.45, 2.75) is 20.3 Å². The Morgan fingerprint density at radius 1 is 1.19 bits per heavy atom. The molecule has 0 aromatic heterocycles. The number of hydrogen-bond acceptors (Lipinski definition) is 3. The van der Waals surface area contributed by atoms with Gasteiger partial charge in [-0.05, 0) is 61.2 Å². The monoisotopic (exact) mass is 282 g/mol. The highest BCUT2D eigenvalue weighted by Crippen LogP contribution is 2.33. The molecule has 0 fully saturated rings. The van der Waals surface area contributed by atoms with Crippen LogP contribution in [0.5, 0.6) is 5.75 Å². The van der Waals surface area contributed by atoms with Gasteiger partial charge in [0.2, 0.25) is 0 Å². The number of benzene rings is 2. The molecule has 0 aliphatic carbocycles. The van der Waals surface area contributed by atoms with Crippen LogP contribution in [0.4, 0.5) is 11.4 Å². The third kappa shape index (κ3) is 2.23. The molecule has 1 aliphatic heterocycles. The first kappa shape index (κ1) is 13.5.